The monoisotopic (exact) mass is 1920 g/mol. The Bertz CT molecular complexity index is 6640. The summed E-state index contributed by atoms with van der Waals surface area (Å²) in [5, 5.41) is 31.9. The van der Waals surface area contributed by atoms with Gasteiger partial charge in [0.1, 0.15) is 63.0 Å². The molecule has 734 valence electrons. The Kier molecular flexibility index (Phi) is 27.4. The summed E-state index contributed by atoms with van der Waals surface area (Å²) in [7, 11) is 0. The van der Waals surface area contributed by atoms with Gasteiger partial charge in [0.25, 0.3) is 35.4 Å². The third-order valence-electron chi connectivity index (χ3n) is 27.1. The number of hydrogen-bond acceptors (Lipinski definition) is 20. The van der Waals surface area contributed by atoms with Gasteiger partial charge in [-0.15, -0.1) is 5.10 Å². The van der Waals surface area contributed by atoms with E-state index in [0.717, 1.165) is 62.3 Å². The number of piperazine rings is 4. The number of halogens is 5. The van der Waals surface area contributed by atoms with E-state index in [1.54, 1.807) is 157 Å². The molecule has 0 bridgehead atoms. The van der Waals surface area contributed by atoms with Crippen molar-refractivity contribution in [2.75, 3.05) is 65.4 Å². The molecule has 18 rings (SSSR count). The highest BCUT2D eigenvalue weighted by Gasteiger charge is 2.48. The lowest BCUT2D eigenvalue weighted by Gasteiger charge is -2.46. The first kappa shape index (κ1) is 100. The molecule has 2 unspecified atom stereocenters. The lowest BCUT2D eigenvalue weighted by molar-refractivity contribution is -0.133. The minimum Gasteiger partial charge on any atom is -0.352 e. The van der Waals surface area contributed by atoms with Crippen molar-refractivity contribution in [3.05, 3.63) is 224 Å². The van der Waals surface area contributed by atoms with Crippen molar-refractivity contribution in [3.63, 3.8) is 0 Å². The zero-order valence-corrected chi connectivity index (χ0v) is 83.4. The average molecular weight is 1930 g/mol. The number of rotatable bonds is 11. The Morgan fingerprint density at radius 3 is 1.47 bits per heavy atom. The predicted molar refractivity (Wildman–Crippen MR) is 516 cm³/mol. The maximum absolute atomic E-state index is 13.8. The van der Waals surface area contributed by atoms with E-state index < -0.39 is 28.1 Å². The zero-order chi connectivity index (χ0) is 101. The first-order chi connectivity index (χ1) is 65.2. The van der Waals surface area contributed by atoms with Crippen LogP contribution in [0.5, 0.6) is 0 Å². The van der Waals surface area contributed by atoms with Crippen LogP contribution < -0.4 is 10.6 Å². The zero-order valence-electron chi connectivity index (χ0n) is 82.7. The number of hydrogen-bond donors (Lipinski definition) is 3. The normalized spacial score (nSPS) is 19.0. The van der Waals surface area contributed by atoms with Gasteiger partial charge in [-0.2, -0.15) is 20.4 Å². The van der Waals surface area contributed by atoms with E-state index in [1.165, 1.54) is 18.2 Å². The molecule has 4 saturated heterocycles. The fourth-order valence-corrected chi connectivity index (χ4v) is 18.9. The van der Waals surface area contributed by atoms with Crippen molar-refractivity contribution < 1.29 is 55.9 Å². The second kappa shape index (κ2) is 38.1. The van der Waals surface area contributed by atoms with E-state index in [4.69, 9.17) is 42.0 Å². The highest BCUT2D eigenvalue weighted by molar-refractivity contribution is 6.30. The maximum atomic E-state index is 13.8. The lowest BCUT2D eigenvalue weighted by atomic mass is 9.76. The number of carbonyl (C=O) groups is 8. The number of nitrogens with zero attached hydrogens (tertiary/aromatic N) is 22. The van der Waals surface area contributed by atoms with Crippen LogP contribution in [0.1, 0.15) is 302 Å². The number of aryl methyl sites for hydroxylation is 2. The van der Waals surface area contributed by atoms with Crippen molar-refractivity contribution >= 4 is 81.6 Å². The Morgan fingerprint density at radius 2 is 0.978 bits per heavy atom. The van der Waals surface area contributed by atoms with Crippen LogP contribution >= 0.6 is 11.6 Å². The van der Waals surface area contributed by atoms with Crippen molar-refractivity contribution in [1.29, 1.82) is 0 Å². The van der Waals surface area contributed by atoms with Gasteiger partial charge in [-0.25, -0.2) is 70.8 Å². The summed E-state index contributed by atoms with van der Waals surface area (Å²) in [4.78, 5) is 146. The summed E-state index contributed by atoms with van der Waals surface area (Å²) in [5.41, 5.74) is 6.80. The smallest absolute Gasteiger partial charge is 0.293 e. The van der Waals surface area contributed by atoms with E-state index in [1.807, 2.05) is 64.1 Å². The minimum atomic E-state index is -2.61. The van der Waals surface area contributed by atoms with Gasteiger partial charge in [-0.1, -0.05) is 118 Å². The molecule has 14 heterocycles. The standard InChI is InChI=1S/C28H30ClN7O2.C27H36F2N8O2.2C23H28FN5O2/c1-27(2,3)20-15-21(18-7-9-19(29)10-8-18)33-36-16-22(32-24(20)36)25(37)35-14-13-34(17-28(35,4)5)26(38)23-30-11-6-12-31-23;1-16-30-21(33-32-16)24(39)35-11-12-36(26(5,6)15-35)23(38)20-14-37-22(31-20)18(25(2,3)4)13-19(34-37)17-7-9-27(28,29)10-8-17;1-22(2,3)16-12-17(14-6-8-15(24)9-7-14)27-29-13-18(26-19(16)29)20(30)28-11-10-25-21(31)23(28,4)5;1-13(2)16-11-18(15-6-7-17(24)14(3)10-15)27-29-12-19(26-20(16)29)21(30)28-9-8-25-22(31)23(28,4)5/h6-12,15-16H,13-14,17H2,1-5H3;13-14,17H,7-12,15H2,1-6H3,(H,30,32,33);6-9,13,16H,10-12H2,1-5H3,(H,25,31);6-7,10,12-13,16H,8-9,11H2,1-5H3,(H,25,31). The van der Waals surface area contributed by atoms with Crippen molar-refractivity contribution in [3.8, 4) is 11.3 Å². The molecule has 8 amide bonds. The van der Waals surface area contributed by atoms with Crippen LogP contribution in [-0.4, -0.2) is 255 Å². The molecule has 11 aromatic rings. The van der Waals surface area contributed by atoms with Gasteiger partial charge in [-0.05, 0) is 176 Å². The highest BCUT2D eigenvalue weighted by atomic mass is 35.5. The van der Waals surface area contributed by atoms with Gasteiger partial charge < -0.3 is 40.0 Å². The minimum absolute atomic E-state index is 0.0178. The molecule has 6 aliphatic heterocycles. The number of H-pyrrole nitrogens is 1. The molecule has 139 heavy (non-hydrogen) atoms. The molecule has 3 aromatic carbocycles. The molecule has 33 nitrogen and oxygen atoms in total. The van der Waals surface area contributed by atoms with Gasteiger partial charge in [0.05, 0.1) is 58.7 Å². The number of imidazole rings is 4. The summed E-state index contributed by atoms with van der Waals surface area (Å²) >= 11 is 6.08. The van der Waals surface area contributed by atoms with E-state index in [2.05, 4.69) is 122 Å². The number of aromatic amines is 1. The van der Waals surface area contributed by atoms with Crippen LogP contribution in [0, 0.1) is 36.8 Å². The van der Waals surface area contributed by atoms with Gasteiger partial charge in [0.2, 0.25) is 29.4 Å². The van der Waals surface area contributed by atoms with Crippen molar-refractivity contribution in [2.45, 2.75) is 241 Å². The number of amides is 8. The number of benzene rings is 3. The van der Waals surface area contributed by atoms with Crippen LogP contribution in [0.25, 0.3) is 22.6 Å². The number of aromatic nitrogens is 15. The van der Waals surface area contributed by atoms with Crippen LogP contribution in [0.2, 0.25) is 5.02 Å². The largest absolute Gasteiger partial charge is 0.352 e. The summed E-state index contributed by atoms with van der Waals surface area (Å²) in [6.07, 6.45) is 11.5. The number of nitrogens with one attached hydrogen (secondary N) is 3. The second-order valence-corrected chi connectivity index (χ2v) is 43.0. The van der Waals surface area contributed by atoms with Crippen molar-refractivity contribution in [2.24, 2.45) is 21.5 Å². The Labute approximate surface area is 809 Å². The third-order valence-corrected chi connectivity index (χ3v) is 27.4. The molecule has 0 radical (unpaired) electrons. The predicted octanol–water partition coefficient (Wildman–Crippen LogP) is 14.9. The second-order valence-electron chi connectivity index (χ2n) is 42.6. The average Bonchev–Trinajstić information content (AvgIpc) is 1.63. The van der Waals surface area contributed by atoms with E-state index in [0.29, 0.717) is 125 Å². The summed E-state index contributed by atoms with van der Waals surface area (Å²) in [5.74, 6) is -2.46. The van der Waals surface area contributed by atoms with Gasteiger partial charge in [0, 0.05) is 143 Å². The number of alkyl halides is 2. The summed E-state index contributed by atoms with van der Waals surface area (Å²) in [6.45, 7) is 45.0. The molecule has 2 atom stereocenters. The van der Waals surface area contributed by atoms with Gasteiger partial charge >= 0.3 is 0 Å². The third kappa shape index (κ3) is 21.0. The number of fused-ring (bicyclic) bond motifs is 4. The molecule has 3 N–H and O–H groups in total. The van der Waals surface area contributed by atoms with Crippen molar-refractivity contribution in [1.82, 2.24) is 114 Å². The van der Waals surface area contributed by atoms with Gasteiger partial charge in [0.15, 0.2) is 11.3 Å². The molecule has 8 aromatic heterocycles. The molecule has 38 heteroatoms. The molecule has 7 aliphatic rings. The Hall–Kier alpha value is -13.4. The van der Waals surface area contributed by atoms with Crippen LogP contribution in [0.15, 0.2) is 132 Å². The topological polar surface area (TPSA) is 368 Å². The molecular weight excluding hydrogens is 1800 g/mol. The van der Waals surface area contributed by atoms with E-state index in [-0.39, 0.29) is 140 Å². The fourth-order valence-electron chi connectivity index (χ4n) is 18.8. The number of carbonyl (C=O) groups excluding carboxylic acids is 8. The molecule has 0 spiro atoms. The van der Waals surface area contributed by atoms with Crippen LogP contribution in [0.4, 0.5) is 17.6 Å². The maximum Gasteiger partial charge on any atom is 0.293 e. The first-order valence-electron chi connectivity index (χ1n) is 47.1. The molecule has 1 saturated carbocycles. The van der Waals surface area contributed by atoms with Crippen LogP contribution in [-0.2, 0) is 20.4 Å². The molecule has 1 aliphatic carbocycles. The Morgan fingerprint density at radius 1 is 0.511 bits per heavy atom. The molecule has 5 fully saturated rings. The molecular formula is C101H122ClF4N25O8. The lowest BCUT2D eigenvalue weighted by Crippen LogP contribution is -2.63. The van der Waals surface area contributed by atoms with E-state index in [9.17, 15) is 55.9 Å². The first-order valence-corrected chi connectivity index (χ1v) is 47.5. The summed E-state index contributed by atoms with van der Waals surface area (Å²) < 4.78 is 61.4. The fraction of sp³-hybridized carbons (Fsp3) is 0.485. The van der Waals surface area contributed by atoms with E-state index >= 15 is 0 Å². The quantitative estimate of drug-likeness (QED) is 0.101. The summed E-state index contributed by atoms with van der Waals surface area (Å²) in [6, 6.07) is 24.5. The Balaban J connectivity index is 0.000000141. The van der Waals surface area contributed by atoms with Crippen LogP contribution in [0.3, 0.4) is 0 Å². The highest BCUT2D eigenvalue weighted by Crippen LogP contribution is 2.45. The SMILES string of the molecule is CC(C)(C)C1CC(c2ccc(F)cc2)=Nn2cc(C(=O)N3CCNC(=O)C3(C)C)nc21.CC(C)(C)c1cc(-c2ccc(Cl)cc2)nn2cc(C(=O)N3CCN(C(=O)c4ncccn4)CC3(C)C)nc12.Cc1cc(C2=Nn3cc(C(=O)N4CCNC(=O)C4(C)C)nc3C(C(C)C)C2)ccc1F.Cc1nc(C(=O)N2CCN(C(=O)c3cn4nc(C5CCC(F)(F)CC5)cc(C(C)(C)C)c4n3)C(C)(C)C2)n[nH]1. The van der Waals surface area contributed by atoms with Gasteiger partial charge in [-0.3, -0.25) is 43.5 Å².